The summed E-state index contributed by atoms with van der Waals surface area (Å²) >= 11 is 0. The Bertz CT molecular complexity index is 346. The van der Waals surface area contributed by atoms with Crippen LogP contribution in [0, 0.1) is 5.92 Å². The molecule has 0 unspecified atom stereocenters. The summed E-state index contributed by atoms with van der Waals surface area (Å²) in [5.41, 5.74) is -0.214. The van der Waals surface area contributed by atoms with Crippen LogP contribution in [0.2, 0.25) is 0 Å². The first-order chi connectivity index (χ1) is 9.90. The van der Waals surface area contributed by atoms with Crippen LogP contribution in [-0.4, -0.2) is 50.8 Å². The van der Waals surface area contributed by atoms with Crippen molar-refractivity contribution >= 4 is 11.9 Å². The summed E-state index contributed by atoms with van der Waals surface area (Å²) in [6.07, 6.45) is 3.58. The zero-order valence-corrected chi connectivity index (χ0v) is 13.8. The van der Waals surface area contributed by atoms with Crippen LogP contribution >= 0.6 is 0 Å². The van der Waals surface area contributed by atoms with Gasteiger partial charge in [-0.3, -0.25) is 9.79 Å². The van der Waals surface area contributed by atoms with Crippen LogP contribution in [0.15, 0.2) is 4.99 Å². The summed E-state index contributed by atoms with van der Waals surface area (Å²) in [6.45, 7) is 8.55. The lowest BCUT2D eigenvalue weighted by atomic mass is 10.1. The van der Waals surface area contributed by atoms with E-state index in [1.54, 1.807) is 7.05 Å². The number of hydrogen-bond donors (Lipinski definition) is 3. The van der Waals surface area contributed by atoms with Gasteiger partial charge in [0.05, 0.1) is 6.54 Å². The quantitative estimate of drug-likeness (QED) is 0.353. The van der Waals surface area contributed by atoms with Crippen LogP contribution < -0.4 is 16.0 Å². The summed E-state index contributed by atoms with van der Waals surface area (Å²) < 4.78 is 5.56. The van der Waals surface area contributed by atoms with Gasteiger partial charge in [-0.05, 0) is 46.0 Å². The Morgan fingerprint density at radius 3 is 2.57 bits per heavy atom. The smallest absolute Gasteiger partial charge is 0.239 e. The lowest BCUT2D eigenvalue weighted by molar-refractivity contribution is -0.121. The van der Waals surface area contributed by atoms with E-state index in [0.717, 1.165) is 32.1 Å². The number of guanidine groups is 1. The van der Waals surface area contributed by atoms with E-state index in [2.05, 4.69) is 20.9 Å². The number of hydrogen-bond acceptors (Lipinski definition) is 3. The van der Waals surface area contributed by atoms with Crippen LogP contribution in [0.25, 0.3) is 0 Å². The molecule has 0 heterocycles. The summed E-state index contributed by atoms with van der Waals surface area (Å²) in [5, 5.41) is 9.06. The highest BCUT2D eigenvalue weighted by Gasteiger charge is 2.20. The van der Waals surface area contributed by atoms with Crippen molar-refractivity contribution < 1.29 is 9.53 Å². The van der Waals surface area contributed by atoms with E-state index in [4.69, 9.17) is 4.74 Å². The highest BCUT2D eigenvalue weighted by Crippen LogP contribution is 2.28. The Balaban J connectivity index is 2.03. The Morgan fingerprint density at radius 2 is 2.00 bits per heavy atom. The van der Waals surface area contributed by atoms with E-state index >= 15 is 0 Å². The van der Waals surface area contributed by atoms with Gasteiger partial charge in [0.15, 0.2) is 5.96 Å². The van der Waals surface area contributed by atoms with Crippen molar-refractivity contribution in [2.75, 3.05) is 33.4 Å². The van der Waals surface area contributed by atoms with Crippen LogP contribution in [0.3, 0.4) is 0 Å². The summed E-state index contributed by atoms with van der Waals surface area (Å²) in [7, 11) is 1.70. The molecule has 1 rings (SSSR count). The molecule has 0 radical (unpaired) electrons. The van der Waals surface area contributed by atoms with Crippen molar-refractivity contribution in [2.45, 2.75) is 45.6 Å². The average molecular weight is 298 g/mol. The molecule has 3 N–H and O–H groups in total. The summed E-state index contributed by atoms with van der Waals surface area (Å²) in [4.78, 5) is 15.8. The van der Waals surface area contributed by atoms with Gasteiger partial charge in [0.2, 0.25) is 5.91 Å². The molecule has 0 spiro atoms. The summed E-state index contributed by atoms with van der Waals surface area (Å²) in [5.74, 6) is 1.41. The zero-order valence-electron chi connectivity index (χ0n) is 13.8. The molecule has 0 aliphatic heterocycles. The Labute approximate surface area is 128 Å². The number of aliphatic imine (C=N–C) groups is 1. The first-order valence-corrected chi connectivity index (χ1v) is 7.74. The average Bonchev–Trinajstić information content (AvgIpc) is 3.19. The molecule has 0 aromatic heterocycles. The second-order valence-electron chi connectivity index (χ2n) is 6.52. The lowest BCUT2D eigenvalue weighted by Crippen LogP contribution is -2.48. The van der Waals surface area contributed by atoms with E-state index in [1.807, 2.05) is 20.8 Å². The topological polar surface area (TPSA) is 74.8 Å². The first kappa shape index (κ1) is 17.8. The molecule has 0 aromatic rings. The molecule has 6 heteroatoms. The third kappa shape index (κ3) is 10.1. The van der Waals surface area contributed by atoms with E-state index in [-0.39, 0.29) is 18.0 Å². The van der Waals surface area contributed by atoms with Gasteiger partial charge in [-0.2, -0.15) is 0 Å². The molecular formula is C15H30N4O2. The number of nitrogens with one attached hydrogen (secondary N) is 3. The van der Waals surface area contributed by atoms with Crippen molar-refractivity contribution in [2.24, 2.45) is 10.9 Å². The van der Waals surface area contributed by atoms with Gasteiger partial charge < -0.3 is 20.7 Å². The fourth-order valence-electron chi connectivity index (χ4n) is 1.76. The molecule has 1 fully saturated rings. The van der Waals surface area contributed by atoms with Crippen LogP contribution in [0.1, 0.15) is 40.0 Å². The summed E-state index contributed by atoms with van der Waals surface area (Å²) in [6, 6.07) is 0. The molecule has 0 bridgehead atoms. The second-order valence-corrected chi connectivity index (χ2v) is 6.52. The highest BCUT2D eigenvalue weighted by molar-refractivity contribution is 5.86. The van der Waals surface area contributed by atoms with E-state index < -0.39 is 0 Å². The van der Waals surface area contributed by atoms with E-state index in [1.165, 1.54) is 12.8 Å². The van der Waals surface area contributed by atoms with Gasteiger partial charge in [-0.25, -0.2) is 0 Å². The van der Waals surface area contributed by atoms with Crippen molar-refractivity contribution in [3.05, 3.63) is 0 Å². The van der Waals surface area contributed by atoms with Gasteiger partial charge in [-0.1, -0.05) is 0 Å². The second kappa shape index (κ2) is 8.87. The molecule has 122 valence electrons. The SMILES string of the molecule is CN=C(NCCCOCC1CC1)NCC(=O)NC(C)(C)C. The largest absolute Gasteiger partial charge is 0.381 e. The maximum atomic E-state index is 11.7. The van der Waals surface area contributed by atoms with Crippen molar-refractivity contribution in [3.63, 3.8) is 0 Å². The molecule has 1 aliphatic rings. The fraction of sp³-hybridized carbons (Fsp3) is 0.867. The van der Waals surface area contributed by atoms with Crippen molar-refractivity contribution in [1.82, 2.24) is 16.0 Å². The number of ether oxygens (including phenoxy) is 1. The standard InChI is InChI=1S/C15H30N4O2/c1-15(2,3)19-13(20)10-18-14(16-4)17-8-5-9-21-11-12-6-7-12/h12H,5-11H2,1-4H3,(H,19,20)(H2,16,17,18). The molecule has 0 saturated heterocycles. The van der Waals surface area contributed by atoms with E-state index in [0.29, 0.717) is 5.96 Å². The molecule has 1 saturated carbocycles. The highest BCUT2D eigenvalue weighted by atomic mass is 16.5. The lowest BCUT2D eigenvalue weighted by Gasteiger charge is -2.21. The first-order valence-electron chi connectivity index (χ1n) is 7.74. The van der Waals surface area contributed by atoms with Crippen molar-refractivity contribution in [3.8, 4) is 0 Å². The Kier molecular flexibility index (Phi) is 7.50. The van der Waals surface area contributed by atoms with Crippen LogP contribution in [0.4, 0.5) is 0 Å². The molecule has 0 atom stereocenters. The Hall–Kier alpha value is -1.30. The predicted octanol–water partition coefficient (Wildman–Crippen LogP) is 0.883. The maximum absolute atomic E-state index is 11.7. The zero-order chi connectivity index (χ0) is 15.7. The minimum absolute atomic E-state index is 0.0433. The third-order valence-electron chi connectivity index (χ3n) is 2.96. The maximum Gasteiger partial charge on any atom is 0.239 e. The van der Waals surface area contributed by atoms with Gasteiger partial charge >= 0.3 is 0 Å². The number of nitrogens with zero attached hydrogens (tertiary/aromatic N) is 1. The number of amides is 1. The molecule has 1 amide bonds. The minimum Gasteiger partial charge on any atom is -0.381 e. The monoisotopic (exact) mass is 298 g/mol. The van der Waals surface area contributed by atoms with Gasteiger partial charge in [-0.15, -0.1) is 0 Å². The molecular weight excluding hydrogens is 268 g/mol. The number of rotatable bonds is 8. The molecule has 6 nitrogen and oxygen atoms in total. The van der Waals surface area contributed by atoms with Gasteiger partial charge in [0, 0.05) is 32.3 Å². The van der Waals surface area contributed by atoms with Crippen molar-refractivity contribution in [1.29, 1.82) is 0 Å². The van der Waals surface area contributed by atoms with Gasteiger partial charge in [0.25, 0.3) is 0 Å². The van der Waals surface area contributed by atoms with E-state index in [9.17, 15) is 4.79 Å². The molecule has 21 heavy (non-hydrogen) atoms. The minimum atomic E-state index is -0.214. The third-order valence-corrected chi connectivity index (χ3v) is 2.96. The van der Waals surface area contributed by atoms with Crippen LogP contribution in [0.5, 0.6) is 0 Å². The van der Waals surface area contributed by atoms with Gasteiger partial charge in [0.1, 0.15) is 0 Å². The number of carbonyl (C=O) groups is 1. The molecule has 0 aromatic carbocycles. The fourth-order valence-corrected chi connectivity index (χ4v) is 1.76. The number of carbonyl (C=O) groups excluding carboxylic acids is 1. The Morgan fingerprint density at radius 1 is 1.29 bits per heavy atom. The normalized spacial score (nSPS) is 15.7. The molecule has 1 aliphatic carbocycles. The van der Waals surface area contributed by atoms with Crippen LogP contribution in [-0.2, 0) is 9.53 Å². The predicted molar refractivity (Wildman–Crippen MR) is 85.4 cm³/mol.